The second-order valence-electron chi connectivity index (χ2n) is 4.69. The average Bonchev–Trinajstić information content (AvgIpc) is 2.26. The highest BCUT2D eigenvalue weighted by atomic mass is 35.5. The minimum absolute atomic E-state index is 0.104. The molecule has 1 rings (SSSR count). The van der Waals surface area contributed by atoms with Gasteiger partial charge in [-0.05, 0) is 42.9 Å². The zero-order chi connectivity index (χ0) is 13.0. The lowest BCUT2D eigenvalue weighted by Crippen LogP contribution is -2.18. The molecule has 0 saturated carbocycles. The zero-order valence-corrected chi connectivity index (χ0v) is 11.8. The number of hydrogen-bond donors (Lipinski definition) is 1. The summed E-state index contributed by atoms with van der Waals surface area (Å²) in [5.41, 5.74) is 8.22. The molecule has 0 bridgehead atoms. The molecular formula is C14H22ClNO. The van der Waals surface area contributed by atoms with Crippen LogP contribution in [0, 0.1) is 0 Å². The summed E-state index contributed by atoms with van der Waals surface area (Å²) in [6.45, 7) is 6.37. The molecule has 0 aliphatic rings. The molecule has 3 heteroatoms. The molecule has 0 aliphatic carbocycles. The lowest BCUT2D eigenvalue weighted by Gasteiger charge is -2.17. The van der Waals surface area contributed by atoms with Crippen LogP contribution in [0.5, 0.6) is 5.75 Å². The Balaban J connectivity index is 3.18. The fourth-order valence-electron chi connectivity index (χ4n) is 1.92. The van der Waals surface area contributed by atoms with Crippen LogP contribution in [0.3, 0.4) is 0 Å². The lowest BCUT2D eigenvalue weighted by molar-refractivity contribution is 0.408. The van der Waals surface area contributed by atoms with E-state index in [1.165, 1.54) is 5.56 Å². The number of methoxy groups -OCH3 is 1. The Morgan fingerprint density at radius 3 is 2.47 bits per heavy atom. The van der Waals surface area contributed by atoms with Crippen molar-refractivity contribution in [1.82, 2.24) is 0 Å². The van der Waals surface area contributed by atoms with E-state index in [9.17, 15) is 0 Å². The van der Waals surface area contributed by atoms with Crippen molar-refractivity contribution in [3.8, 4) is 5.75 Å². The quantitative estimate of drug-likeness (QED) is 0.870. The number of nitrogens with two attached hydrogens (primary N) is 1. The van der Waals surface area contributed by atoms with Crippen LogP contribution in [0.2, 0.25) is 5.02 Å². The Bertz CT molecular complexity index is 377. The Labute approximate surface area is 109 Å². The molecule has 0 spiro atoms. The van der Waals surface area contributed by atoms with Gasteiger partial charge >= 0.3 is 0 Å². The van der Waals surface area contributed by atoms with E-state index in [1.807, 2.05) is 13.0 Å². The van der Waals surface area contributed by atoms with E-state index >= 15 is 0 Å². The fraction of sp³-hybridized carbons (Fsp3) is 0.571. The Kier molecular flexibility index (Phi) is 5.29. The molecule has 0 heterocycles. The molecule has 0 radical (unpaired) electrons. The second-order valence-corrected chi connectivity index (χ2v) is 5.09. The normalized spacial score (nSPS) is 14.5. The first-order chi connectivity index (χ1) is 7.99. The zero-order valence-electron chi connectivity index (χ0n) is 11.1. The third kappa shape index (κ3) is 3.62. The molecule has 0 aliphatic heterocycles. The summed E-state index contributed by atoms with van der Waals surface area (Å²) in [4.78, 5) is 0. The predicted octanol–water partition coefficient (Wildman–Crippen LogP) is 3.75. The number of halogens is 1. The van der Waals surface area contributed by atoms with Crippen LogP contribution in [0.25, 0.3) is 0 Å². The first kappa shape index (κ1) is 14.3. The molecule has 0 saturated heterocycles. The standard InChI is InChI=1S/C14H22ClNO/c1-5-9(2)11-7-12(6-10(3)16)14(17-4)13(15)8-11/h7-10H,5-6,16H2,1-4H3. The third-order valence-corrected chi connectivity index (χ3v) is 3.35. The van der Waals surface area contributed by atoms with E-state index in [-0.39, 0.29) is 6.04 Å². The van der Waals surface area contributed by atoms with Gasteiger partial charge in [0.1, 0.15) is 5.75 Å². The van der Waals surface area contributed by atoms with Gasteiger partial charge in [0.15, 0.2) is 0 Å². The SMILES string of the molecule is CCC(C)c1cc(Cl)c(OC)c(CC(C)N)c1. The minimum atomic E-state index is 0.104. The molecule has 1 aromatic carbocycles. The average molecular weight is 256 g/mol. The summed E-state index contributed by atoms with van der Waals surface area (Å²) in [6.07, 6.45) is 1.88. The van der Waals surface area contributed by atoms with E-state index in [4.69, 9.17) is 22.1 Å². The fourth-order valence-corrected chi connectivity index (χ4v) is 2.25. The summed E-state index contributed by atoms with van der Waals surface area (Å²) in [5.74, 6) is 1.27. The minimum Gasteiger partial charge on any atom is -0.495 e. The molecular weight excluding hydrogens is 234 g/mol. The van der Waals surface area contributed by atoms with Crippen LogP contribution in [0.4, 0.5) is 0 Å². The summed E-state index contributed by atoms with van der Waals surface area (Å²) in [6, 6.07) is 4.27. The van der Waals surface area contributed by atoms with Crippen molar-refractivity contribution < 1.29 is 4.74 Å². The number of rotatable bonds is 5. The predicted molar refractivity (Wildman–Crippen MR) is 74.1 cm³/mol. The maximum absolute atomic E-state index is 6.25. The van der Waals surface area contributed by atoms with Crippen molar-refractivity contribution in [3.05, 3.63) is 28.3 Å². The molecule has 0 aromatic heterocycles. The van der Waals surface area contributed by atoms with Crippen molar-refractivity contribution in [1.29, 1.82) is 0 Å². The first-order valence-electron chi connectivity index (χ1n) is 6.11. The van der Waals surface area contributed by atoms with Crippen molar-refractivity contribution in [3.63, 3.8) is 0 Å². The van der Waals surface area contributed by atoms with Crippen LogP contribution >= 0.6 is 11.6 Å². The van der Waals surface area contributed by atoms with Gasteiger partial charge in [-0.25, -0.2) is 0 Å². The van der Waals surface area contributed by atoms with Gasteiger partial charge in [-0.2, -0.15) is 0 Å². The van der Waals surface area contributed by atoms with Gasteiger partial charge in [0.2, 0.25) is 0 Å². The van der Waals surface area contributed by atoms with Gasteiger partial charge in [-0.3, -0.25) is 0 Å². The molecule has 2 N–H and O–H groups in total. The van der Waals surface area contributed by atoms with Crippen LogP contribution in [-0.4, -0.2) is 13.2 Å². The summed E-state index contributed by atoms with van der Waals surface area (Å²) >= 11 is 6.25. The molecule has 2 nitrogen and oxygen atoms in total. The summed E-state index contributed by atoms with van der Waals surface area (Å²) < 4.78 is 5.36. The summed E-state index contributed by atoms with van der Waals surface area (Å²) in [7, 11) is 1.65. The van der Waals surface area contributed by atoms with Gasteiger partial charge in [-0.1, -0.05) is 31.5 Å². The van der Waals surface area contributed by atoms with Crippen LogP contribution < -0.4 is 10.5 Å². The van der Waals surface area contributed by atoms with Crippen molar-refractivity contribution >= 4 is 11.6 Å². The monoisotopic (exact) mass is 255 g/mol. The number of hydrogen-bond acceptors (Lipinski definition) is 2. The van der Waals surface area contributed by atoms with E-state index in [0.717, 1.165) is 24.2 Å². The smallest absolute Gasteiger partial charge is 0.140 e. The van der Waals surface area contributed by atoms with E-state index in [1.54, 1.807) is 7.11 Å². The molecule has 2 atom stereocenters. The van der Waals surface area contributed by atoms with Crippen molar-refractivity contribution in [2.45, 2.75) is 45.6 Å². The maximum atomic E-state index is 6.25. The van der Waals surface area contributed by atoms with Crippen molar-refractivity contribution in [2.24, 2.45) is 5.73 Å². The Hall–Kier alpha value is -0.730. The second kappa shape index (κ2) is 6.27. The van der Waals surface area contributed by atoms with E-state index in [2.05, 4.69) is 19.9 Å². The van der Waals surface area contributed by atoms with Crippen LogP contribution in [0.1, 0.15) is 44.2 Å². The van der Waals surface area contributed by atoms with Gasteiger partial charge < -0.3 is 10.5 Å². The largest absolute Gasteiger partial charge is 0.495 e. The third-order valence-electron chi connectivity index (χ3n) is 3.07. The Morgan fingerprint density at radius 2 is 2.00 bits per heavy atom. The van der Waals surface area contributed by atoms with Gasteiger partial charge in [0.05, 0.1) is 12.1 Å². The molecule has 0 fully saturated rings. The molecule has 0 amide bonds. The van der Waals surface area contributed by atoms with Gasteiger partial charge in [0, 0.05) is 6.04 Å². The number of benzene rings is 1. The highest BCUT2D eigenvalue weighted by Crippen LogP contribution is 2.34. The Morgan fingerprint density at radius 1 is 1.35 bits per heavy atom. The summed E-state index contributed by atoms with van der Waals surface area (Å²) in [5, 5.41) is 0.681. The number of ether oxygens (including phenoxy) is 1. The van der Waals surface area contributed by atoms with Crippen LogP contribution in [-0.2, 0) is 6.42 Å². The first-order valence-corrected chi connectivity index (χ1v) is 6.49. The van der Waals surface area contributed by atoms with Crippen molar-refractivity contribution in [2.75, 3.05) is 7.11 Å². The van der Waals surface area contributed by atoms with Gasteiger partial charge in [0.25, 0.3) is 0 Å². The van der Waals surface area contributed by atoms with Crippen LogP contribution in [0.15, 0.2) is 12.1 Å². The molecule has 96 valence electrons. The molecule has 2 unspecified atom stereocenters. The highest BCUT2D eigenvalue weighted by Gasteiger charge is 2.14. The highest BCUT2D eigenvalue weighted by molar-refractivity contribution is 6.32. The van der Waals surface area contributed by atoms with Gasteiger partial charge in [-0.15, -0.1) is 0 Å². The topological polar surface area (TPSA) is 35.2 Å². The van der Waals surface area contributed by atoms with E-state index < -0.39 is 0 Å². The molecule has 1 aromatic rings. The molecule has 17 heavy (non-hydrogen) atoms. The maximum Gasteiger partial charge on any atom is 0.140 e. The lowest BCUT2D eigenvalue weighted by atomic mass is 9.94. The van der Waals surface area contributed by atoms with E-state index in [0.29, 0.717) is 10.9 Å².